The van der Waals surface area contributed by atoms with Gasteiger partial charge in [0.05, 0.1) is 5.56 Å². The Bertz CT molecular complexity index is 1310. The van der Waals surface area contributed by atoms with E-state index in [0.29, 0.717) is 5.56 Å². The first-order valence-corrected chi connectivity index (χ1v) is 11.6. The standard InChI is InChI=1S/C27H26O12/c28-16-7-14(8-17(29)11-16)2-1-13-3-5-18(6-4-13)38-27-25(35)24(34)23(33)21(39-27)12-37-26(36)15-9-19(30)22(32)20(31)10-15/h1-11,21,23-25,27-35H,12H2/b2-1-. The minimum absolute atomic E-state index is 0.0799. The van der Waals surface area contributed by atoms with E-state index in [-0.39, 0.29) is 22.8 Å². The van der Waals surface area contributed by atoms with Gasteiger partial charge in [-0.3, -0.25) is 0 Å². The minimum Gasteiger partial charge on any atom is -0.508 e. The summed E-state index contributed by atoms with van der Waals surface area (Å²) in [6.45, 7) is -0.583. The molecule has 0 aromatic heterocycles. The topological polar surface area (TPSA) is 207 Å². The highest BCUT2D eigenvalue weighted by molar-refractivity contribution is 5.91. The van der Waals surface area contributed by atoms with E-state index in [1.807, 2.05) is 0 Å². The summed E-state index contributed by atoms with van der Waals surface area (Å²) in [5.41, 5.74) is 1.02. The molecule has 12 heteroatoms. The predicted molar refractivity (Wildman–Crippen MR) is 134 cm³/mol. The number of aromatic hydroxyl groups is 5. The molecule has 0 amide bonds. The maximum atomic E-state index is 12.3. The van der Waals surface area contributed by atoms with Gasteiger partial charge in [0.2, 0.25) is 6.29 Å². The SMILES string of the molecule is O=C(OCC1OC(Oc2ccc(/C=C\c3cc(O)cc(O)c3)cc2)C(O)C(O)C1O)c1cc(O)c(O)c(O)c1. The summed E-state index contributed by atoms with van der Waals surface area (Å²) in [6, 6.07) is 12.4. The van der Waals surface area contributed by atoms with Crippen LogP contribution in [0.3, 0.4) is 0 Å². The lowest BCUT2D eigenvalue weighted by atomic mass is 9.99. The number of carbonyl (C=O) groups is 1. The van der Waals surface area contributed by atoms with E-state index in [1.54, 1.807) is 36.4 Å². The van der Waals surface area contributed by atoms with E-state index in [1.165, 1.54) is 18.2 Å². The highest BCUT2D eigenvalue weighted by atomic mass is 16.7. The Morgan fingerprint density at radius 2 is 1.36 bits per heavy atom. The fourth-order valence-electron chi connectivity index (χ4n) is 3.81. The first-order valence-electron chi connectivity index (χ1n) is 11.6. The van der Waals surface area contributed by atoms with Crippen molar-refractivity contribution in [2.24, 2.45) is 0 Å². The molecule has 4 rings (SSSR count). The molecule has 0 saturated carbocycles. The van der Waals surface area contributed by atoms with Crippen LogP contribution in [0.15, 0.2) is 54.6 Å². The highest BCUT2D eigenvalue weighted by Crippen LogP contribution is 2.35. The van der Waals surface area contributed by atoms with Crippen molar-refractivity contribution in [1.82, 2.24) is 0 Å². The molecule has 3 aromatic rings. The Balaban J connectivity index is 1.38. The first-order chi connectivity index (χ1) is 18.5. The van der Waals surface area contributed by atoms with Gasteiger partial charge >= 0.3 is 5.97 Å². The van der Waals surface area contributed by atoms with Crippen molar-refractivity contribution in [1.29, 1.82) is 0 Å². The normalized spacial score (nSPS) is 23.0. The van der Waals surface area contributed by atoms with Crippen LogP contribution < -0.4 is 4.74 Å². The molecule has 1 heterocycles. The third kappa shape index (κ3) is 6.51. The van der Waals surface area contributed by atoms with Crippen molar-refractivity contribution < 1.29 is 59.9 Å². The molecule has 1 saturated heterocycles. The third-order valence-corrected chi connectivity index (χ3v) is 5.88. The van der Waals surface area contributed by atoms with Gasteiger partial charge in [0.25, 0.3) is 0 Å². The quantitative estimate of drug-likeness (QED) is 0.121. The lowest BCUT2D eigenvalue weighted by Crippen LogP contribution is -2.60. The second kappa shape index (κ2) is 11.5. The summed E-state index contributed by atoms with van der Waals surface area (Å²) < 4.78 is 16.2. The molecule has 8 N–H and O–H groups in total. The van der Waals surface area contributed by atoms with Gasteiger partial charge < -0.3 is 55.1 Å². The van der Waals surface area contributed by atoms with Crippen LogP contribution in [-0.2, 0) is 9.47 Å². The van der Waals surface area contributed by atoms with E-state index >= 15 is 0 Å². The van der Waals surface area contributed by atoms with Gasteiger partial charge in [-0.25, -0.2) is 4.79 Å². The number of ether oxygens (including phenoxy) is 3. The zero-order valence-corrected chi connectivity index (χ0v) is 20.2. The van der Waals surface area contributed by atoms with Crippen molar-refractivity contribution in [3.05, 3.63) is 71.3 Å². The molecular weight excluding hydrogens is 516 g/mol. The molecule has 5 atom stereocenters. The van der Waals surface area contributed by atoms with Crippen molar-refractivity contribution in [3.63, 3.8) is 0 Å². The van der Waals surface area contributed by atoms with Crippen LogP contribution in [0.1, 0.15) is 21.5 Å². The van der Waals surface area contributed by atoms with Gasteiger partial charge in [-0.05, 0) is 47.5 Å². The zero-order valence-electron chi connectivity index (χ0n) is 20.2. The summed E-state index contributed by atoms with van der Waals surface area (Å²) in [4.78, 5) is 12.3. The number of hydrogen-bond donors (Lipinski definition) is 8. The number of hydrogen-bond acceptors (Lipinski definition) is 12. The number of esters is 1. The lowest BCUT2D eigenvalue weighted by molar-refractivity contribution is -0.277. The Morgan fingerprint density at radius 3 is 1.97 bits per heavy atom. The third-order valence-electron chi connectivity index (χ3n) is 5.88. The van der Waals surface area contributed by atoms with Crippen molar-refractivity contribution >= 4 is 18.1 Å². The number of benzene rings is 3. The monoisotopic (exact) mass is 542 g/mol. The van der Waals surface area contributed by atoms with E-state index in [4.69, 9.17) is 14.2 Å². The van der Waals surface area contributed by atoms with Gasteiger partial charge in [0, 0.05) is 6.07 Å². The molecule has 0 radical (unpaired) electrons. The number of aliphatic hydroxyl groups is 3. The zero-order chi connectivity index (χ0) is 28.3. The molecule has 1 aliphatic rings. The van der Waals surface area contributed by atoms with Crippen LogP contribution in [0.5, 0.6) is 34.5 Å². The van der Waals surface area contributed by atoms with Gasteiger partial charge in [-0.15, -0.1) is 0 Å². The summed E-state index contributed by atoms with van der Waals surface area (Å²) in [5, 5.41) is 78.6. The van der Waals surface area contributed by atoms with E-state index < -0.39 is 60.5 Å². The number of aliphatic hydroxyl groups excluding tert-OH is 3. The summed E-state index contributed by atoms with van der Waals surface area (Å²) in [7, 11) is 0. The first kappa shape index (κ1) is 27.5. The molecule has 0 spiro atoms. The predicted octanol–water partition coefficient (Wildman–Crippen LogP) is 1.43. The number of phenols is 5. The highest BCUT2D eigenvalue weighted by Gasteiger charge is 2.45. The average molecular weight is 542 g/mol. The van der Waals surface area contributed by atoms with E-state index in [9.17, 15) is 45.6 Å². The fraction of sp³-hybridized carbons (Fsp3) is 0.222. The van der Waals surface area contributed by atoms with Crippen molar-refractivity contribution in [2.45, 2.75) is 30.7 Å². The van der Waals surface area contributed by atoms with E-state index in [0.717, 1.165) is 17.7 Å². The lowest BCUT2D eigenvalue weighted by Gasteiger charge is -2.39. The van der Waals surface area contributed by atoms with Crippen LogP contribution in [-0.4, -0.2) is 84.1 Å². The van der Waals surface area contributed by atoms with Crippen LogP contribution in [0.25, 0.3) is 12.2 Å². The maximum Gasteiger partial charge on any atom is 0.338 e. The van der Waals surface area contributed by atoms with Crippen LogP contribution in [0, 0.1) is 0 Å². The molecule has 206 valence electrons. The molecule has 3 aromatic carbocycles. The van der Waals surface area contributed by atoms with Crippen LogP contribution >= 0.6 is 0 Å². The smallest absolute Gasteiger partial charge is 0.338 e. The Labute approximate surface area is 221 Å². The van der Waals surface area contributed by atoms with Crippen LogP contribution in [0.4, 0.5) is 0 Å². The van der Waals surface area contributed by atoms with Crippen LogP contribution in [0.2, 0.25) is 0 Å². The molecule has 1 aliphatic heterocycles. The van der Waals surface area contributed by atoms with Gasteiger partial charge in [-0.1, -0.05) is 24.3 Å². The maximum absolute atomic E-state index is 12.3. The molecule has 1 fully saturated rings. The molecule has 12 nitrogen and oxygen atoms in total. The molecule has 39 heavy (non-hydrogen) atoms. The summed E-state index contributed by atoms with van der Waals surface area (Å²) >= 11 is 0. The van der Waals surface area contributed by atoms with Gasteiger partial charge in [-0.2, -0.15) is 0 Å². The Morgan fingerprint density at radius 1 is 0.769 bits per heavy atom. The number of rotatable bonds is 7. The van der Waals surface area contributed by atoms with Gasteiger partial charge in [0.1, 0.15) is 48.3 Å². The van der Waals surface area contributed by atoms with Gasteiger partial charge in [0.15, 0.2) is 17.2 Å². The number of carbonyl (C=O) groups excluding carboxylic acids is 1. The van der Waals surface area contributed by atoms with Crippen molar-refractivity contribution in [3.8, 4) is 34.5 Å². The molecule has 0 aliphatic carbocycles. The number of phenolic OH excluding ortho intramolecular Hbond substituents is 5. The molecule has 5 unspecified atom stereocenters. The summed E-state index contributed by atoms with van der Waals surface area (Å²) in [5.74, 6) is -3.24. The average Bonchev–Trinajstić information content (AvgIpc) is 2.90. The van der Waals surface area contributed by atoms with Crippen molar-refractivity contribution in [2.75, 3.05) is 6.61 Å². The summed E-state index contributed by atoms with van der Waals surface area (Å²) in [6.07, 6.45) is -4.33. The second-order valence-electron chi connectivity index (χ2n) is 8.78. The largest absolute Gasteiger partial charge is 0.508 e. The molecule has 0 bridgehead atoms. The minimum atomic E-state index is -1.70. The Kier molecular flexibility index (Phi) is 8.12. The fourth-order valence-corrected chi connectivity index (χ4v) is 3.81. The second-order valence-corrected chi connectivity index (χ2v) is 8.78. The van der Waals surface area contributed by atoms with E-state index in [2.05, 4.69) is 0 Å². The molecular formula is C27H26O12. The Hall–Kier alpha value is -4.49.